The van der Waals surface area contributed by atoms with E-state index in [1.54, 1.807) is 18.2 Å². The fourth-order valence-electron chi connectivity index (χ4n) is 2.16. The maximum absolute atomic E-state index is 13.8. The van der Waals surface area contributed by atoms with Gasteiger partial charge in [0.15, 0.2) is 0 Å². The molecule has 0 radical (unpaired) electrons. The minimum atomic E-state index is -0.500. The molecule has 0 aliphatic carbocycles. The number of hydrazine groups is 1. The van der Waals surface area contributed by atoms with Gasteiger partial charge >= 0.3 is 0 Å². The summed E-state index contributed by atoms with van der Waals surface area (Å²) in [7, 11) is 1.52. The first-order chi connectivity index (χ1) is 10.0. The molecule has 2 aromatic rings. The smallest absolute Gasteiger partial charge is 0.126 e. The van der Waals surface area contributed by atoms with E-state index in [2.05, 4.69) is 5.43 Å². The number of methoxy groups -OCH3 is 1. The highest BCUT2D eigenvalue weighted by Crippen LogP contribution is 2.30. The molecule has 0 bridgehead atoms. The molecule has 112 valence electrons. The lowest BCUT2D eigenvalue weighted by atomic mass is 9.98. The molecule has 0 aromatic heterocycles. The molecular weight excluding hydrogens is 298 g/mol. The van der Waals surface area contributed by atoms with Crippen LogP contribution in [-0.4, -0.2) is 7.11 Å². The van der Waals surface area contributed by atoms with Crippen molar-refractivity contribution in [2.75, 3.05) is 7.11 Å². The van der Waals surface area contributed by atoms with E-state index in [1.165, 1.54) is 7.11 Å². The van der Waals surface area contributed by atoms with E-state index >= 15 is 0 Å². The molecule has 3 nitrogen and oxygen atoms in total. The number of hydrogen-bond donors (Lipinski definition) is 2. The molecule has 6 heteroatoms. The van der Waals surface area contributed by atoms with Gasteiger partial charge in [-0.15, -0.1) is 0 Å². The van der Waals surface area contributed by atoms with Crippen LogP contribution in [0.2, 0.25) is 5.02 Å². The molecule has 0 aliphatic rings. The molecule has 0 saturated heterocycles. The summed E-state index contributed by atoms with van der Waals surface area (Å²) in [6.45, 7) is 0. The van der Waals surface area contributed by atoms with Crippen LogP contribution in [0.25, 0.3) is 0 Å². The average Bonchev–Trinajstić information content (AvgIpc) is 2.48. The maximum atomic E-state index is 13.8. The maximum Gasteiger partial charge on any atom is 0.126 e. The molecule has 0 spiro atoms. The van der Waals surface area contributed by atoms with E-state index in [0.29, 0.717) is 16.3 Å². The van der Waals surface area contributed by atoms with Crippen LogP contribution >= 0.6 is 11.6 Å². The van der Waals surface area contributed by atoms with Crippen molar-refractivity contribution < 1.29 is 13.5 Å². The topological polar surface area (TPSA) is 47.3 Å². The van der Waals surface area contributed by atoms with Crippen LogP contribution in [0, 0.1) is 11.6 Å². The Morgan fingerprint density at radius 2 is 2.00 bits per heavy atom. The summed E-state index contributed by atoms with van der Waals surface area (Å²) in [5.74, 6) is 5.13. The molecule has 0 aliphatic heterocycles. The van der Waals surface area contributed by atoms with E-state index in [0.717, 1.165) is 18.2 Å². The summed E-state index contributed by atoms with van der Waals surface area (Å²) < 4.78 is 32.3. The predicted octanol–water partition coefficient (Wildman–Crippen LogP) is 3.37. The number of hydrogen-bond acceptors (Lipinski definition) is 3. The molecule has 3 N–H and O–H groups in total. The number of benzene rings is 2. The van der Waals surface area contributed by atoms with Gasteiger partial charge in [-0.25, -0.2) is 8.78 Å². The number of rotatable bonds is 5. The highest BCUT2D eigenvalue weighted by molar-refractivity contribution is 6.30. The van der Waals surface area contributed by atoms with Gasteiger partial charge in [-0.05, 0) is 48.4 Å². The molecule has 0 fully saturated rings. The normalized spacial score (nSPS) is 12.2. The Balaban J connectivity index is 2.36. The van der Waals surface area contributed by atoms with Gasteiger partial charge in [0.25, 0.3) is 0 Å². The summed E-state index contributed by atoms with van der Waals surface area (Å²) in [5, 5.41) is 0.505. The summed E-state index contributed by atoms with van der Waals surface area (Å²) >= 11 is 5.98. The molecule has 0 heterocycles. The summed E-state index contributed by atoms with van der Waals surface area (Å²) in [4.78, 5) is 0. The fourth-order valence-corrected chi connectivity index (χ4v) is 2.34. The van der Waals surface area contributed by atoms with E-state index < -0.39 is 17.7 Å². The van der Waals surface area contributed by atoms with Gasteiger partial charge in [0.2, 0.25) is 0 Å². The zero-order valence-corrected chi connectivity index (χ0v) is 12.1. The van der Waals surface area contributed by atoms with E-state index in [4.69, 9.17) is 22.2 Å². The Labute approximate surface area is 126 Å². The van der Waals surface area contributed by atoms with Gasteiger partial charge in [0.05, 0.1) is 13.2 Å². The second-order valence-electron chi connectivity index (χ2n) is 4.55. The van der Waals surface area contributed by atoms with Crippen molar-refractivity contribution in [2.45, 2.75) is 12.5 Å². The van der Waals surface area contributed by atoms with Crippen LogP contribution < -0.4 is 16.0 Å². The van der Waals surface area contributed by atoms with Crippen LogP contribution in [0.1, 0.15) is 17.2 Å². The van der Waals surface area contributed by atoms with E-state index in [1.807, 2.05) is 0 Å². The molecule has 0 saturated carbocycles. The second kappa shape index (κ2) is 6.85. The standard InChI is InChI=1S/C15H15ClF2N2O/c1-21-15-5-2-10(16)8-12(15)14(20-19)7-9-6-11(17)3-4-13(9)18/h2-6,8,14,20H,7,19H2,1H3. The Morgan fingerprint density at radius 3 is 2.67 bits per heavy atom. The minimum Gasteiger partial charge on any atom is -0.496 e. The Morgan fingerprint density at radius 1 is 1.24 bits per heavy atom. The zero-order chi connectivity index (χ0) is 15.4. The van der Waals surface area contributed by atoms with Gasteiger partial charge in [-0.1, -0.05) is 11.6 Å². The number of nitrogens with two attached hydrogens (primary N) is 1. The largest absolute Gasteiger partial charge is 0.496 e. The number of ether oxygens (including phenoxy) is 1. The lowest BCUT2D eigenvalue weighted by molar-refractivity contribution is 0.398. The van der Waals surface area contributed by atoms with Crippen LogP contribution in [0.15, 0.2) is 36.4 Å². The predicted molar refractivity (Wildman–Crippen MR) is 78.1 cm³/mol. The highest BCUT2D eigenvalue weighted by Gasteiger charge is 2.18. The molecular formula is C15H15ClF2N2O. The summed E-state index contributed by atoms with van der Waals surface area (Å²) in [5.41, 5.74) is 3.49. The van der Waals surface area contributed by atoms with Crippen molar-refractivity contribution in [3.63, 3.8) is 0 Å². The summed E-state index contributed by atoms with van der Waals surface area (Å²) in [6, 6.07) is 7.91. The van der Waals surface area contributed by atoms with Crippen molar-refractivity contribution in [2.24, 2.45) is 5.84 Å². The van der Waals surface area contributed by atoms with Gasteiger partial charge in [0, 0.05) is 10.6 Å². The Kier molecular flexibility index (Phi) is 5.12. The Bertz CT molecular complexity index is 637. The van der Waals surface area contributed by atoms with Crippen molar-refractivity contribution >= 4 is 11.6 Å². The molecule has 0 amide bonds. The molecule has 2 aromatic carbocycles. The molecule has 1 unspecified atom stereocenters. The van der Waals surface area contributed by atoms with E-state index in [9.17, 15) is 8.78 Å². The monoisotopic (exact) mass is 312 g/mol. The minimum absolute atomic E-state index is 0.163. The van der Waals surface area contributed by atoms with Crippen molar-refractivity contribution in [3.05, 3.63) is 64.2 Å². The second-order valence-corrected chi connectivity index (χ2v) is 4.98. The third-order valence-electron chi connectivity index (χ3n) is 3.20. The van der Waals surface area contributed by atoms with Gasteiger partial charge in [0.1, 0.15) is 17.4 Å². The van der Waals surface area contributed by atoms with Crippen molar-refractivity contribution in [1.82, 2.24) is 5.43 Å². The zero-order valence-electron chi connectivity index (χ0n) is 11.4. The van der Waals surface area contributed by atoms with Crippen LogP contribution in [0.4, 0.5) is 8.78 Å². The average molecular weight is 313 g/mol. The van der Waals surface area contributed by atoms with Gasteiger partial charge < -0.3 is 4.74 Å². The van der Waals surface area contributed by atoms with Crippen molar-refractivity contribution in [1.29, 1.82) is 0 Å². The first-order valence-corrected chi connectivity index (χ1v) is 6.66. The number of nitrogens with one attached hydrogen (secondary N) is 1. The number of halogens is 3. The van der Waals surface area contributed by atoms with Gasteiger partial charge in [-0.3, -0.25) is 11.3 Å². The first kappa shape index (κ1) is 15.7. The van der Waals surface area contributed by atoms with Crippen LogP contribution in [-0.2, 0) is 6.42 Å². The SMILES string of the molecule is COc1ccc(Cl)cc1C(Cc1cc(F)ccc1F)NN. The van der Waals surface area contributed by atoms with Crippen molar-refractivity contribution in [3.8, 4) is 5.75 Å². The lowest BCUT2D eigenvalue weighted by Gasteiger charge is -2.20. The van der Waals surface area contributed by atoms with Crippen LogP contribution in [0.3, 0.4) is 0 Å². The summed E-state index contributed by atoms with van der Waals surface area (Å²) in [6.07, 6.45) is 0.163. The van der Waals surface area contributed by atoms with Gasteiger partial charge in [-0.2, -0.15) is 0 Å². The molecule has 21 heavy (non-hydrogen) atoms. The third-order valence-corrected chi connectivity index (χ3v) is 3.44. The fraction of sp³-hybridized carbons (Fsp3) is 0.200. The molecule has 2 rings (SSSR count). The lowest BCUT2D eigenvalue weighted by Crippen LogP contribution is -2.30. The van der Waals surface area contributed by atoms with E-state index in [-0.39, 0.29) is 12.0 Å². The Hall–Kier alpha value is -1.69. The first-order valence-electron chi connectivity index (χ1n) is 6.28. The molecule has 1 atom stereocenters. The third kappa shape index (κ3) is 3.69. The highest BCUT2D eigenvalue weighted by atomic mass is 35.5. The quantitative estimate of drug-likeness (QED) is 0.657. The van der Waals surface area contributed by atoms with Crippen LogP contribution in [0.5, 0.6) is 5.75 Å².